The largest absolute Gasteiger partial charge is 0.389 e. The third kappa shape index (κ3) is 6.42. The molecule has 0 aliphatic carbocycles. The van der Waals surface area contributed by atoms with Crippen molar-refractivity contribution >= 4 is 0 Å². The predicted molar refractivity (Wildman–Crippen MR) is 111 cm³/mol. The summed E-state index contributed by atoms with van der Waals surface area (Å²) in [6.07, 6.45) is 8.50. The lowest BCUT2D eigenvalue weighted by atomic mass is 9.93. The molecular weight excluding hydrogens is 302 g/mol. The van der Waals surface area contributed by atoms with Gasteiger partial charge in [-0.15, -0.1) is 0 Å². The van der Waals surface area contributed by atoms with E-state index in [4.69, 9.17) is 0 Å². The molecule has 1 nitrogen and oxygen atoms in total. The van der Waals surface area contributed by atoms with Gasteiger partial charge in [-0.3, -0.25) is 0 Å². The summed E-state index contributed by atoms with van der Waals surface area (Å²) >= 11 is 0. The van der Waals surface area contributed by atoms with Gasteiger partial charge in [-0.25, -0.2) is 0 Å². The lowest BCUT2D eigenvalue weighted by molar-refractivity contribution is 0.620. The van der Waals surface area contributed by atoms with E-state index in [1.807, 2.05) is 0 Å². The summed E-state index contributed by atoms with van der Waals surface area (Å²) in [6.45, 7) is 9.70. The summed E-state index contributed by atoms with van der Waals surface area (Å²) in [5, 5.41) is 3.49. The third-order valence-electron chi connectivity index (χ3n) is 4.78. The minimum absolute atomic E-state index is 1.05. The van der Waals surface area contributed by atoms with Crippen molar-refractivity contribution in [1.82, 2.24) is 5.32 Å². The summed E-state index contributed by atoms with van der Waals surface area (Å²) < 4.78 is 0. The summed E-state index contributed by atoms with van der Waals surface area (Å²) in [4.78, 5) is 0. The molecule has 1 N–H and O–H groups in total. The van der Waals surface area contributed by atoms with Gasteiger partial charge in [0.1, 0.15) is 0 Å². The summed E-state index contributed by atoms with van der Waals surface area (Å²) in [5.41, 5.74) is 6.69. The van der Waals surface area contributed by atoms with E-state index in [-0.39, 0.29) is 0 Å². The fraction of sp³-hybridized carbons (Fsp3) is 0.417. The van der Waals surface area contributed by atoms with Crippen LogP contribution in [0.15, 0.2) is 60.8 Å². The molecule has 25 heavy (non-hydrogen) atoms. The van der Waals surface area contributed by atoms with Crippen LogP contribution >= 0.6 is 0 Å². The molecule has 0 saturated carbocycles. The maximum Gasteiger partial charge on any atom is 0.0143 e. The molecule has 0 bridgehead atoms. The first-order valence-electron chi connectivity index (χ1n) is 9.78. The monoisotopic (exact) mass is 335 g/mol. The number of allylic oxidation sites excluding steroid dienone is 1. The quantitative estimate of drug-likeness (QED) is 0.452. The number of hydrogen-bond acceptors (Lipinski definition) is 1. The molecule has 0 aliphatic heterocycles. The topological polar surface area (TPSA) is 12.0 Å². The summed E-state index contributed by atoms with van der Waals surface area (Å²) in [6, 6.07) is 17.5. The van der Waals surface area contributed by atoms with E-state index in [1.54, 1.807) is 0 Å². The van der Waals surface area contributed by atoms with E-state index in [0.717, 1.165) is 25.8 Å². The highest BCUT2D eigenvalue weighted by Crippen LogP contribution is 2.27. The van der Waals surface area contributed by atoms with Crippen molar-refractivity contribution < 1.29 is 0 Å². The molecular formula is C24H33N. The Kier molecular flexibility index (Phi) is 8.31. The van der Waals surface area contributed by atoms with Crippen molar-refractivity contribution in [3.05, 3.63) is 71.9 Å². The fourth-order valence-electron chi connectivity index (χ4n) is 3.27. The molecule has 2 aromatic rings. The molecule has 0 unspecified atom stereocenters. The van der Waals surface area contributed by atoms with Crippen LogP contribution in [0.4, 0.5) is 0 Å². The van der Waals surface area contributed by atoms with Crippen LogP contribution in [0.1, 0.15) is 56.6 Å². The van der Waals surface area contributed by atoms with Crippen LogP contribution in [0.5, 0.6) is 0 Å². The molecule has 0 spiro atoms. The second kappa shape index (κ2) is 10.8. The SMILES string of the molecule is C=C(CCCc1ccccc1-c1ccccc1C)NCCCCCC. The molecule has 0 heterocycles. The van der Waals surface area contributed by atoms with E-state index < -0.39 is 0 Å². The van der Waals surface area contributed by atoms with Gasteiger partial charge in [-0.1, -0.05) is 81.3 Å². The van der Waals surface area contributed by atoms with E-state index in [9.17, 15) is 0 Å². The smallest absolute Gasteiger partial charge is 0.0143 e. The van der Waals surface area contributed by atoms with E-state index in [2.05, 4.69) is 74.3 Å². The standard InChI is InChI=1S/C24H33N/c1-4-5-6-11-19-25-21(3)14-12-16-22-15-8-10-18-24(22)23-17-9-7-13-20(23)2/h7-10,13,15,17-18,25H,3-6,11-12,14,16,19H2,1-2H3. The Morgan fingerprint density at radius 3 is 2.36 bits per heavy atom. The van der Waals surface area contributed by atoms with Crippen LogP contribution in [-0.4, -0.2) is 6.54 Å². The van der Waals surface area contributed by atoms with Gasteiger partial charge in [0, 0.05) is 12.2 Å². The highest BCUT2D eigenvalue weighted by atomic mass is 14.9. The minimum atomic E-state index is 1.05. The Labute approximate surface area is 154 Å². The van der Waals surface area contributed by atoms with Gasteiger partial charge in [0.15, 0.2) is 0 Å². The van der Waals surface area contributed by atoms with Gasteiger partial charge < -0.3 is 5.32 Å². The number of nitrogens with one attached hydrogen (secondary N) is 1. The van der Waals surface area contributed by atoms with Crippen LogP contribution in [0.2, 0.25) is 0 Å². The average molecular weight is 336 g/mol. The number of rotatable bonds is 11. The van der Waals surface area contributed by atoms with Crippen LogP contribution in [0.3, 0.4) is 0 Å². The molecule has 0 saturated heterocycles. The summed E-state index contributed by atoms with van der Waals surface area (Å²) in [7, 11) is 0. The predicted octanol–water partition coefficient (Wildman–Crippen LogP) is 6.67. The molecule has 0 atom stereocenters. The van der Waals surface area contributed by atoms with Gasteiger partial charge in [0.05, 0.1) is 0 Å². The van der Waals surface area contributed by atoms with Crippen LogP contribution in [-0.2, 0) is 6.42 Å². The zero-order valence-corrected chi connectivity index (χ0v) is 16.0. The zero-order chi connectivity index (χ0) is 17.9. The molecule has 0 fully saturated rings. The number of benzene rings is 2. The second-order valence-electron chi connectivity index (χ2n) is 6.92. The Morgan fingerprint density at radius 1 is 0.880 bits per heavy atom. The third-order valence-corrected chi connectivity index (χ3v) is 4.78. The van der Waals surface area contributed by atoms with Crippen LogP contribution in [0.25, 0.3) is 11.1 Å². The lowest BCUT2D eigenvalue weighted by Gasteiger charge is -2.13. The Balaban J connectivity index is 1.84. The minimum Gasteiger partial charge on any atom is -0.389 e. The van der Waals surface area contributed by atoms with Crippen molar-refractivity contribution in [3.63, 3.8) is 0 Å². The number of unbranched alkanes of at least 4 members (excludes halogenated alkanes) is 3. The first-order valence-corrected chi connectivity index (χ1v) is 9.78. The highest BCUT2D eigenvalue weighted by molar-refractivity contribution is 5.70. The number of aryl methyl sites for hydroxylation is 2. The average Bonchev–Trinajstić information content (AvgIpc) is 2.62. The second-order valence-corrected chi connectivity index (χ2v) is 6.92. The van der Waals surface area contributed by atoms with Crippen molar-refractivity contribution in [2.45, 2.75) is 58.8 Å². The van der Waals surface area contributed by atoms with Crippen molar-refractivity contribution in [3.8, 4) is 11.1 Å². The maximum atomic E-state index is 4.19. The molecule has 0 aliphatic rings. The molecule has 2 aromatic carbocycles. The number of hydrogen-bond donors (Lipinski definition) is 1. The van der Waals surface area contributed by atoms with Gasteiger partial charge in [0.2, 0.25) is 0 Å². The molecule has 1 heteroatoms. The summed E-state index contributed by atoms with van der Waals surface area (Å²) in [5.74, 6) is 0. The van der Waals surface area contributed by atoms with Gasteiger partial charge in [-0.05, 0) is 54.9 Å². The lowest BCUT2D eigenvalue weighted by Crippen LogP contribution is -2.14. The normalized spacial score (nSPS) is 10.6. The highest BCUT2D eigenvalue weighted by Gasteiger charge is 2.07. The van der Waals surface area contributed by atoms with E-state index in [1.165, 1.54) is 53.6 Å². The van der Waals surface area contributed by atoms with Gasteiger partial charge >= 0.3 is 0 Å². The van der Waals surface area contributed by atoms with Crippen LogP contribution < -0.4 is 5.32 Å². The van der Waals surface area contributed by atoms with E-state index >= 15 is 0 Å². The van der Waals surface area contributed by atoms with Crippen molar-refractivity contribution in [2.24, 2.45) is 0 Å². The van der Waals surface area contributed by atoms with Gasteiger partial charge in [0.25, 0.3) is 0 Å². The van der Waals surface area contributed by atoms with Crippen molar-refractivity contribution in [1.29, 1.82) is 0 Å². The first kappa shape index (κ1) is 19.3. The molecule has 0 aromatic heterocycles. The Hall–Kier alpha value is -2.02. The molecule has 2 rings (SSSR count). The van der Waals surface area contributed by atoms with Crippen molar-refractivity contribution in [2.75, 3.05) is 6.54 Å². The molecule has 0 radical (unpaired) electrons. The molecule has 134 valence electrons. The Morgan fingerprint density at radius 2 is 1.60 bits per heavy atom. The maximum absolute atomic E-state index is 4.19. The first-order chi connectivity index (χ1) is 12.2. The van der Waals surface area contributed by atoms with Crippen LogP contribution in [0, 0.1) is 6.92 Å². The Bertz CT molecular complexity index is 657. The van der Waals surface area contributed by atoms with Gasteiger partial charge in [-0.2, -0.15) is 0 Å². The fourth-order valence-corrected chi connectivity index (χ4v) is 3.27. The molecule has 0 amide bonds. The van der Waals surface area contributed by atoms with E-state index in [0.29, 0.717) is 0 Å². The zero-order valence-electron chi connectivity index (χ0n) is 16.0.